The number of aliphatic hydroxyl groups excluding tert-OH is 1. The third kappa shape index (κ3) is 2.44. The lowest BCUT2D eigenvalue weighted by molar-refractivity contribution is 0.217. The SMILES string of the molecule is CC1COc2ccc(C(O)c3ccoc3)cc2OC1. The second-order valence-corrected chi connectivity index (χ2v) is 4.89. The molecule has 2 heterocycles. The number of hydrogen-bond donors (Lipinski definition) is 1. The van der Waals surface area contributed by atoms with Gasteiger partial charge in [-0.15, -0.1) is 0 Å². The van der Waals surface area contributed by atoms with Crippen molar-refractivity contribution in [2.24, 2.45) is 5.92 Å². The summed E-state index contributed by atoms with van der Waals surface area (Å²) in [4.78, 5) is 0. The van der Waals surface area contributed by atoms with E-state index in [4.69, 9.17) is 13.9 Å². The van der Waals surface area contributed by atoms with Gasteiger partial charge in [-0.3, -0.25) is 0 Å². The molecule has 1 aromatic carbocycles. The minimum atomic E-state index is -0.715. The second-order valence-electron chi connectivity index (χ2n) is 4.89. The largest absolute Gasteiger partial charge is 0.489 e. The van der Waals surface area contributed by atoms with Crippen molar-refractivity contribution < 1.29 is 19.0 Å². The van der Waals surface area contributed by atoms with Gasteiger partial charge in [0.1, 0.15) is 6.10 Å². The molecule has 0 fully saturated rings. The van der Waals surface area contributed by atoms with Crippen LogP contribution >= 0.6 is 0 Å². The number of fused-ring (bicyclic) bond motifs is 1. The van der Waals surface area contributed by atoms with E-state index >= 15 is 0 Å². The molecule has 0 amide bonds. The van der Waals surface area contributed by atoms with Crippen molar-refractivity contribution in [3.05, 3.63) is 47.9 Å². The molecule has 2 aromatic rings. The highest BCUT2D eigenvalue weighted by Gasteiger charge is 2.18. The molecule has 0 saturated heterocycles. The van der Waals surface area contributed by atoms with Crippen molar-refractivity contribution in [1.29, 1.82) is 0 Å². The molecule has 0 bridgehead atoms. The zero-order valence-electron chi connectivity index (χ0n) is 10.7. The first kappa shape index (κ1) is 12.1. The normalized spacial score (nSPS) is 19.8. The van der Waals surface area contributed by atoms with Gasteiger partial charge in [0.2, 0.25) is 0 Å². The number of rotatable bonds is 2. The van der Waals surface area contributed by atoms with E-state index in [9.17, 15) is 5.11 Å². The van der Waals surface area contributed by atoms with Crippen molar-refractivity contribution in [2.45, 2.75) is 13.0 Å². The summed E-state index contributed by atoms with van der Waals surface area (Å²) in [6, 6.07) is 7.25. The molecule has 100 valence electrons. The second kappa shape index (κ2) is 4.97. The minimum absolute atomic E-state index is 0.356. The Bertz CT molecular complexity index is 547. The molecule has 19 heavy (non-hydrogen) atoms. The van der Waals surface area contributed by atoms with Gasteiger partial charge >= 0.3 is 0 Å². The zero-order valence-corrected chi connectivity index (χ0v) is 10.7. The fourth-order valence-electron chi connectivity index (χ4n) is 2.06. The van der Waals surface area contributed by atoms with E-state index in [0.29, 0.717) is 24.9 Å². The monoisotopic (exact) mass is 260 g/mol. The van der Waals surface area contributed by atoms with Gasteiger partial charge in [-0.25, -0.2) is 0 Å². The molecule has 2 unspecified atom stereocenters. The van der Waals surface area contributed by atoms with Gasteiger partial charge in [-0.1, -0.05) is 13.0 Å². The van der Waals surface area contributed by atoms with Crippen LogP contribution in [0.1, 0.15) is 24.2 Å². The number of furan rings is 1. The lowest BCUT2D eigenvalue weighted by Gasteiger charge is -2.12. The van der Waals surface area contributed by atoms with Gasteiger partial charge in [0.05, 0.1) is 25.7 Å². The van der Waals surface area contributed by atoms with Gasteiger partial charge < -0.3 is 19.0 Å². The Balaban J connectivity index is 1.89. The van der Waals surface area contributed by atoms with E-state index in [1.165, 1.54) is 6.26 Å². The van der Waals surface area contributed by atoms with Crippen LogP contribution in [0.2, 0.25) is 0 Å². The quantitative estimate of drug-likeness (QED) is 0.902. The highest BCUT2D eigenvalue weighted by atomic mass is 16.5. The topological polar surface area (TPSA) is 51.8 Å². The number of hydrogen-bond acceptors (Lipinski definition) is 4. The summed E-state index contributed by atoms with van der Waals surface area (Å²) in [6.07, 6.45) is 2.37. The van der Waals surface area contributed by atoms with Crippen molar-refractivity contribution in [3.63, 3.8) is 0 Å². The zero-order chi connectivity index (χ0) is 13.2. The highest BCUT2D eigenvalue weighted by Crippen LogP contribution is 2.34. The Labute approximate surface area is 111 Å². The van der Waals surface area contributed by atoms with Crippen molar-refractivity contribution in [1.82, 2.24) is 0 Å². The third-order valence-electron chi connectivity index (χ3n) is 3.19. The van der Waals surface area contributed by atoms with Gasteiger partial charge in [0.25, 0.3) is 0 Å². The lowest BCUT2D eigenvalue weighted by Crippen LogP contribution is -2.12. The molecular weight excluding hydrogens is 244 g/mol. The molecule has 4 heteroatoms. The smallest absolute Gasteiger partial charge is 0.161 e. The molecule has 0 saturated carbocycles. The molecule has 0 radical (unpaired) electrons. The average Bonchev–Trinajstić information content (AvgIpc) is 2.90. The summed E-state index contributed by atoms with van der Waals surface area (Å²) < 4.78 is 16.4. The lowest BCUT2D eigenvalue weighted by atomic mass is 10.0. The highest BCUT2D eigenvalue weighted by molar-refractivity contribution is 5.45. The Morgan fingerprint density at radius 3 is 2.63 bits per heavy atom. The van der Waals surface area contributed by atoms with Crippen LogP contribution in [0.3, 0.4) is 0 Å². The van der Waals surface area contributed by atoms with E-state index in [2.05, 4.69) is 6.92 Å². The van der Waals surface area contributed by atoms with E-state index in [0.717, 1.165) is 16.9 Å². The van der Waals surface area contributed by atoms with Gasteiger partial charge in [0, 0.05) is 11.5 Å². The fourth-order valence-corrected chi connectivity index (χ4v) is 2.06. The first-order valence-electron chi connectivity index (χ1n) is 6.34. The van der Waals surface area contributed by atoms with Crippen LogP contribution in [0.25, 0.3) is 0 Å². The molecule has 0 aliphatic carbocycles. The summed E-state index contributed by atoms with van der Waals surface area (Å²) >= 11 is 0. The van der Waals surface area contributed by atoms with E-state index in [1.54, 1.807) is 12.3 Å². The standard InChI is InChI=1S/C15H16O4/c1-10-7-18-13-3-2-11(6-14(13)19-8-10)15(16)12-4-5-17-9-12/h2-6,9-10,15-16H,7-8H2,1H3. The van der Waals surface area contributed by atoms with E-state index in [1.807, 2.05) is 18.2 Å². The number of aliphatic hydroxyl groups is 1. The average molecular weight is 260 g/mol. The van der Waals surface area contributed by atoms with Crippen LogP contribution < -0.4 is 9.47 Å². The Kier molecular flexibility index (Phi) is 3.17. The van der Waals surface area contributed by atoms with E-state index in [-0.39, 0.29) is 0 Å². The Hall–Kier alpha value is -1.94. The Morgan fingerprint density at radius 1 is 1.11 bits per heavy atom. The predicted molar refractivity (Wildman–Crippen MR) is 69.4 cm³/mol. The van der Waals surface area contributed by atoms with Crippen molar-refractivity contribution in [3.8, 4) is 11.5 Å². The van der Waals surface area contributed by atoms with Crippen LogP contribution in [0.5, 0.6) is 11.5 Å². The van der Waals surface area contributed by atoms with Gasteiger partial charge in [-0.2, -0.15) is 0 Å². The summed E-state index contributed by atoms with van der Waals surface area (Å²) in [6.45, 7) is 3.35. The molecule has 0 spiro atoms. The summed E-state index contributed by atoms with van der Waals surface area (Å²) in [5.74, 6) is 1.77. The fraction of sp³-hybridized carbons (Fsp3) is 0.333. The maximum atomic E-state index is 10.2. The Morgan fingerprint density at radius 2 is 1.89 bits per heavy atom. The maximum Gasteiger partial charge on any atom is 0.161 e. The van der Waals surface area contributed by atoms with Crippen molar-refractivity contribution in [2.75, 3.05) is 13.2 Å². The van der Waals surface area contributed by atoms with Gasteiger partial charge in [0.15, 0.2) is 11.5 Å². The van der Waals surface area contributed by atoms with Crippen LogP contribution in [-0.2, 0) is 0 Å². The van der Waals surface area contributed by atoms with E-state index < -0.39 is 6.10 Å². The first-order valence-corrected chi connectivity index (χ1v) is 6.34. The van der Waals surface area contributed by atoms with Crippen molar-refractivity contribution >= 4 is 0 Å². The van der Waals surface area contributed by atoms with Crippen LogP contribution in [0.15, 0.2) is 41.2 Å². The minimum Gasteiger partial charge on any atom is -0.489 e. The molecule has 1 N–H and O–H groups in total. The van der Waals surface area contributed by atoms with Crippen LogP contribution in [-0.4, -0.2) is 18.3 Å². The molecule has 1 aliphatic heterocycles. The first-order chi connectivity index (χ1) is 9.24. The maximum absolute atomic E-state index is 10.2. The summed E-state index contributed by atoms with van der Waals surface area (Å²) in [7, 11) is 0. The molecule has 1 aliphatic rings. The number of ether oxygens (including phenoxy) is 2. The van der Waals surface area contributed by atoms with Crippen LogP contribution in [0, 0.1) is 5.92 Å². The van der Waals surface area contributed by atoms with Gasteiger partial charge in [-0.05, 0) is 23.8 Å². The number of benzene rings is 1. The summed E-state index contributed by atoms with van der Waals surface area (Å²) in [5.41, 5.74) is 1.49. The summed E-state index contributed by atoms with van der Waals surface area (Å²) in [5, 5.41) is 10.2. The molecule has 3 rings (SSSR count). The third-order valence-corrected chi connectivity index (χ3v) is 3.19. The molecule has 2 atom stereocenters. The molecular formula is C15H16O4. The predicted octanol–water partition coefficient (Wildman–Crippen LogP) is 2.77. The van der Waals surface area contributed by atoms with Crippen LogP contribution in [0.4, 0.5) is 0 Å². The molecule has 1 aromatic heterocycles. The molecule has 4 nitrogen and oxygen atoms in total.